The molecule has 1 unspecified atom stereocenters. The zero-order valence-electron chi connectivity index (χ0n) is 13.6. The van der Waals surface area contributed by atoms with Crippen molar-refractivity contribution < 1.29 is 4.74 Å². The molecular formula is C17H25N3O. The second-order valence-corrected chi connectivity index (χ2v) is 5.54. The number of rotatable bonds is 6. The van der Waals surface area contributed by atoms with Crippen LogP contribution in [0.25, 0.3) is 0 Å². The second-order valence-electron chi connectivity index (χ2n) is 5.54. The number of nitrogens with zero attached hydrogens (tertiary/aromatic N) is 2. The lowest BCUT2D eigenvalue weighted by atomic mass is 10.0. The minimum atomic E-state index is 0.0785. The van der Waals surface area contributed by atoms with Gasteiger partial charge in [0.05, 0.1) is 19.3 Å². The molecule has 0 aliphatic rings. The molecule has 21 heavy (non-hydrogen) atoms. The van der Waals surface area contributed by atoms with Crippen LogP contribution >= 0.6 is 0 Å². The molecule has 0 saturated carbocycles. The first-order valence-corrected chi connectivity index (χ1v) is 7.49. The molecule has 0 bridgehead atoms. The molecule has 4 nitrogen and oxygen atoms in total. The maximum atomic E-state index is 5.53. The summed E-state index contributed by atoms with van der Waals surface area (Å²) in [6.07, 6.45) is 1.80. The van der Waals surface area contributed by atoms with Crippen LogP contribution in [0.4, 0.5) is 0 Å². The van der Waals surface area contributed by atoms with Crippen molar-refractivity contribution in [2.45, 2.75) is 39.8 Å². The fraction of sp³-hybridized carbons (Fsp3) is 0.471. The fourth-order valence-electron chi connectivity index (χ4n) is 2.63. The summed E-state index contributed by atoms with van der Waals surface area (Å²) in [6, 6.07) is 8.94. The third kappa shape index (κ3) is 3.27. The van der Waals surface area contributed by atoms with Crippen molar-refractivity contribution in [2.24, 2.45) is 0 Å². The van der Waals surface area contributed by atoms with Gasteiger partial charge in [-0.2, -0.15) is 5.10 Å². The van der Waals surface area contributed by atoms with Crippen LogP contribution in [0, 0.1) is 6.92 Å². The molecule has 1 aromatic heterocycles. The van der Waals surface area contributed by atoms with E-state index in [9.17, 15) is 0 Å². The summed E-state index contributed by atoms with van der Waals surface area (Å²) < 4.78 is 7.57. The molecular weight excluding hydrogens is 262 g/mol. The van der Waals surface area contributed by atoms with Gasteiger partial charge in [0.1, 0.15) is 5.69 Å². The van der Waals surface area contributed by atoms with E-state index in [1.165, 1.54) is 11.1 Å². The van der Waals surface area contributed by atoms with Gasteiger partial charge in [-0.3, -0.25) is 4.68 Å². The number of methoxy groups -OCH3 is 1. The number of aromatic nitrogens is 2. The van der Waals surface area contributed by atoms with E-state index in [-0.39, 0.29) is 12.1 Å². The quantitative estimate of drug-likeness (QED) is 0.884. The van der Waals surface area contributed by atoms with Crippen LogP contribution in [0.3, 0.4) is 0 Å². The number of ether oxygens (including phenoxy) is 1. The molecule has 0 spiro atoms. The molecule has 114 valence electrons. The number of aryl methyl sites for hydroxylation is 1. The summed E-state index contributed by atoms with van der Waals surface area (Å²) in [5.74, 6) is 0.830. The van der Waals surface area contributed by atoms with Crippen LogP contribution in [0.5, 0.6) is 5.75 Å². The van der Waals surface area contributed by atoms with E-state index >= 15 is 0 Å². The van der Waals surface area contributed by atoms with Crippen LogP contribution in [-0.2, 0) is 0 Å². The highest BCUT2D eigenvalue weighted by Crippen LogP contribution is 2.32. The number of hydrogen-bond donors (Lipinski definition) is 1. The normalized spacial score (nSPS) is 12.7. The Morgan fingerprint density at radius 3 is 2.67 bits per heavy atom. The van der Waals surface area contributed by atoms with Gasteiger partial charge in [-0.1, -0.05) is 36.8 Å². The van der Waals surface area contributed by atoms with E-state index in [0.717, 1.165) is 18.0 Å². The highest BCUT2D eigenvalue weighted by molar-refractivity contribution is 5.38. The van der Waals surface area contributed by atoms with Crippen LogP contribution in [0.2, 0.25) is 0 Å². The molecule has 0 aliphatic carbocycles. The van der Waals surface area contributed by atoms with Crippen LogP contribution in [0.1, 0.15) is 49.7 Å². The summed E-state index contributed by atoms with van der Waals surface area (Å²) in [5, 5.41) is 8.05. The molecule has 1 N–H and O–H groups in total. The average molecular weight is 287 g/mol. The molecule has 4 heteroatoms. The van der Waals surface area contributed by atoms with Crippen molar-refractivity contribution >= 4 is 0 Å². The first kappa shape index (κ1) is 15.6. The lowest BCUT2D eigenvalue weighted by Crippen LogP contribution is -2.26. The highest BCUT2D eigenvalue weighted by atomic mass is 16.5. The monoisotopic (exact) mass is 287 g/mol. The predicted molar refractivity (Wildman–Crippen MR) is 85.9 cm³/mol. The number of hydrogen-bond acceptors (Lipinski definition) is 3. The molecule has 2 aromatic rings. The molecule has 1 aromatic carbocycles. The van der Waals surface area contributed by atoms with Gasteiger partial charge in [0.2, 0.25) is 0 Å². The Kier molecular flexibility index (Phi) is 5.02. The average Bonchev–Trinajstić information content (AvgIpc) is 2.88. The van der Waals surface area contributed by atoms with Gasteiger partial charge in [0.15, 0.2) is 5.75 Å². The zero-order chi connectivity index (χ0) is 15.4. The Labute approximate surface area is 127 Å². The topological polar surface area (TPSA) is 39.1 Å². The van der Waals surface area contributed by atoms with Gasteiger partial charge >= 0.3 is 0 Å². The van der Waals surface area contributed by atoms with E-state index in [1.54, 1.807) is 13.3 Å². The summed E-state index contributed by atoms with van der Waals surface area (Å²) in [5.41, 5.74) is 3.57. The van der Waals surface area contributed by atoms with E-state index in [1.807, 2.05) is 4.68 Å². The third-order valence-corrected chi connectivity index (χ3v) is 3.56. The van der Waals surface area contributed by atoms with Crippen molar-refractivity contribution in [1.82, 2.24) is 15.1 Å². The van der Waals surface area contributed by atoms with Crippen molar-refractivity contribution in [2.75, 3.05) is 13.7 Å². The summed E-state index contributed by atoms with van der Waals surface area (Å²) >= 11 is 0. The van der Waals surface area contributed by atoms with Crippen LogP contribution < -0.4 is 10.1 Å². The fourth-order valence-corrected chi connectivity index (χ4v) is 2.63. The lowest BCUT2D eigenvalue weighted by molar-refractivity contribution is 0.394. The van der Waals surface area contributed by atoms with Crippen molar-refractivity contribution in [3.63, 3.8) is 0 Å². The molecule has 1 atom stereocenters. The lowest BCUT2D eigenvalue weighted by Gasteiger charge is -2.23. The van der Waals surface area contributed by atoms with Gasteiger partial charge in [-0.05, 0) is 32.9 Å². The molecule has 0 amide bonds. The van der Waals surface area contributed by atoms with Gasteiger partial charge in [-0.25, -0.2) is 0 Å². The van der Waals surface area contributed by atoms with E-state index < -0.39 is 0 Å². The zero-order valence-corrected chi connectivity index (χ0v) is 13.6. The molecule has 1 heterocycles. The highest BCUT2D eigenvalue weighted by Gasteiger charge is 2.24. The Bertz CT molecular complexity index is 589. The van der Waals surface area contributed by atoms with Crippen molar-refractivity contribution in [1.29, 1.82) is 0 Å². The Hall–Kier alpha value is -1.81. The standard InChI is InChI=1S/C17H25N3O/c1-6-18-16(14-9-7-8-13(4)10-14)17-15(21-5)11-19-20(17)12(2)3/h7-12,16,18H,6H2,1-5H3. The molecule has 2 rings (SSSR count). The van der Waals surface area contributed by atoms with Crippen LogP contribution in [0.15, 0.2) is 30.5 Å². The first-order chi connectivity index (χ1) is 10.1. The summed E-state index contributed by atoms with van der Waals surface area (Å²) in [6.45, 7) is 9.38. The third-order valence-electron chi connectivity index (χ3n) is 3.56. The maximum Gasteiger partial charge on any atom is 0.161 e. The van der Waals surface area contributed by atoms with Gasteiger partial charge in [0.25, 0.3) is 0 Å². The Morgan fingerprint density at radius 1 is 1.33 bits per heavy atom. The van der Waals surface area contributed by atoms with Crippen molar-refractivity contribution in [3.05, 3.63) is 47.3 Å². The minimum absolute atomic E-state index is 0.0785. The maximum absolute atomic E-state index is 5.53. The predicted octanol–water partition coefficient (Wildman–Crippen LogP) is 3.48. The van der Waals surface area contributed by atoms with Crippen LogP contribution in [-0.4, -0.2) is 23.4 Å². The molecule has 0 radical (unpaired) electrons. The van der Waals surface area contributed by atoms with Crippen molar-refractivity contribution in [3.8, 4) is 5.75 Å². The molecule has 0 saturated heterocycles. The number of nitrogens with one attached hydrogen (secondary N) is 1. The van der Waals surface area contributed by atoms with E-state index in [0.29, 0.717) is 0 Å². The van der Waals surface area contributed by atoms with Gasteiger partial charge in [-0.15, -0.1) is 0 Å². The second kappa shape index (κ2) is 6.76. The molecule has 0 fully saturated rings. The van der Waals surface area contributed by atoms with E-state index in [4.69, 9.17) is 4.74 Å². The van der Waals surface area contributed by atoms with E-state index in [2.05, 4.69) is 62.4 Å². The SMILES string of the molecule is CCNC(c1cccc(C)c1)c1c(OC)cnn1C(C)C. The largest absolute Gasteiger partial charge is 0.493 e. The Morgan fingerprint density at radius 2 is 2.10 bits per heavy atom. The smallest absolute Gasteiger partial charge is 0.161 e. The van der Waals surface area contributed by atoms with Gasteiger partial charge in [0, 0.05) is 6.04 Å². The van der Waals surface area contributed by atoms with Gasteiger partial charge < -0.3 is 10.1 Å². The molecule has 0 aliphatic heterocycles. The number of benzene rings is 1. The first-order valence-electron chi connectivity index (χ1n) is 7.49. The minimum Gasteiger partial charge on any atom is -0.493 e. The summed E-state index contributed by atoms with van der Waals surface area (Å²) in [4.78, 5) is 0. The summed E-state index contributed by atoms with van der Waals surface area (Å²) in [7, 11) is 1.70. The Balaban J connectivity index is 2.54.